The molecule has 1 saturated carbocycles. The van der Waals surface area contributed by atoms with E-state index in [0.29, 0.717) is 16.9 Å². The minimum atomic E-state index is -0.223. The molecule has 1 spiro atoms. The average molecular weight is 420 g/mol. The highest BCUT2D eigenvalue weighted by Crippen LogP contribution is 2.45. The van der Waals surface area contributed by atoms with E-state index in [1.807, 2.05) is 24.3 Å². The second-order valence-corrected chi connectivity index (χ2v) is 10.5. The van der Waals surface area contributed by atoms with Gasteiger partial charge in [-0.3, -0.25) is 0 Å². The number of aromatic nitrogens is 2. The van der Waals surface area contributed by atoms with Crippen molar-refractivity contribution < 1.29 is 9.23 Å². The molecule has 2 heterocycles. The molecule has 1 N–H and O–H groups in total. The lowest BCUT2D eigenvalue weighted by Crippen LogP contribution is -2.36. The number of nitrogens with one attached hydrogen (secondary N) is 1. The van der Waals surface area contributed by atoms with Gasteiger partial charge in [-0.15, -0.1) is 0 Å². The molecule has 2 unspecified atom stereocenters. The molecule has 162 valence electrons. The number of nitrogens with zero attached hydrogens (tertiary/aromatic N) is 2. The number of rotatable bonds is 3. The van der Waals surface area contributed by atoms with Gasteiger partial charge in [-0.2, -0.15) is 0 Å². The Morgan fingerprint density at radius 1 is 1.19 bits per heavy atom. The van der Waals surface area contributed by atoms with Crippen LogP contribution in [-0.2, 0) is 4.84 Å². The fourth-order valence-corrected chi connectivity index (χ4v) is 5.38. The Morgan fingerprint density at radius 2 is 2.03 bits per heavy atom. The third-order valence-electron chi connectivity index (χ3n) is 6.59. The predicted octanol–water partition coefficient (Wildman–Crippen LogP) is 6.86. The smallest absolute Gasteiger partial charge is 0.156 e. The van der Waals surface area contributed by atoms with Gasteiger partial charge in [0, 0.05) is 12.0 Å². The van der Waals surface area contributed by atoms with Crippen molar-refractivity contribution in [1.82, 2.24) is 9.97 Å². The van der Waals surface area contributed by atoms with Crippen molar-refractivity contribution in [2.75, 3.05) is 0 Å². The third kappa shape index (κ3) is 4.10. The molecule has 0 bridgehead atoms. The van der Waals surface area contributed by atoms with E-state index in [1.165, 1.54) is 25.3 Å². The van der Waals surface area contributed by atoms with E-state index in [-0.39, 0.29) is 11.4 Å². The number of aromatic amines is 1. The van der Waals surface area contributed by atoms with Crippen LogP contribution in [0, 0.1) is 17.2 Å². The summed E-state index contributed by atoms with van der Waals surface area (Å²) in [6.45, 7) is 6.95. The van der Waals surface area contributed by atoms with Crippen LogP contribution in [0.3, 0.4) is 0 Å². The van der Waals surface area contributed by atoms with E-state index >= 15 is 0 Å². The molecule has 2 aromatic carbocycles. The standard InChI is InChI=1S/C26H30FN3O/c1-25(2,3)14-17-7-6-12-26(15-17)16-23(30-31-26)24-28-21-11-10-18(13-22(21)29-24)19-8-4-5-9-20(19)27/h4-5,8-11,13,17H,6-7,12,14-16H2,1-3H3,(H,28,29). The maximum atomic E-state index is 14.2. The van der Waals surface area contributed by atoms with Crippen LogP contribution in [0.15, 0.2) is 47.6 Å². The zero-order chi connectivity index (χ0) is 21.6. The molecule has 1 aliphatic carbocycles. The number of halogens is 1. The van der Waals surface area contributed by atoms with Crippen LogP contribution in [0.5, 0.6) is 0 Å². The molecule has 31 heavy (non-hydrogen) atoms. The summed E-state index contributed by atoms with van der Waals surface area (Å²) in [6.07, 6.45) is 6.61. The van der Waals surface area contributed by atoms with Gasteiger partial charge < -0.3 is 9.82 Å². The number of hydrogen-bond acceptors (Lipinski definition) is 3. The van der Waals surface area contributed by atoms with Crippen LogP contribution in [0.4, 0.5) is 4.39 Å². The summed E-state index contributed by atoms with van der Waals surface area (Å²) in [4.78, 5) is 14.2. The van der Waals surface area contributed by atoms with Crippen molar-refractivity contribution >= 4 is 16.7 Å². The van der Waals surface area contributed by atoms with E-state index in [2.05, 4.69) is 30.9 Å². The Bertz CT molecular complexity index is 1140. The first kappa shape index (κ1) is 20.2. The van der Waals surface area contributed by atoms with Crippen molar-refractivity contribution in [1.29, 1.82) is 0 Å². The number of H-pyrrole nitrogens is 1. The molecule has 4 nitrogen and oxygen atoms in total. The molecular formula is C26H30FN3O. The summed E-state index contributed by atoms with van der Waals surface area (Å²) in [6, 6.07) is 12.6. The van der Waals surface area contributed by atoms with Crippen LogP contribution < -0.4 is 0 Å². The van der Waals surface area contributed by atoms with Crippen molar-refractivity contribution in [3.63, 3.8) is 0 Å². The van der Waals surface area contributed by atoms with Gasteiger partial charge >= 0.3 is 0 Å². The van der Waals surface area contributed by atoms with E-state index in [4.69, 9.17) is 9.82 Å². The van der Waals surface area contributed by atoms with Crippen LogP contribution in [0.2, 0.25) is 0 Å². The Balaban J connectivity index is 1.36. The zero-order valence-corrected chi connectivity index (χ0v) is 18.5. The van der Waals surface area contributed by atoms with Gasteiger partial charge in [0.2, 0.25) is 0 Å². The Kier molecular flexibility index (Phi) is 4.87. The van der Waals surface area contributed by atoms with E-state index in [0.717, 1.165) is 47.4 Å². The molecule has 3 aromatic rings. The average Bonchev–Trinajstić information content (AvgIpc) is 3.31. The maximum absolute atomic E-state index is 14.2. The van der Waals surface area contributed by atoms with Crippen molar-refractivity contribution in [2.24, 2.45) is 16.5 Å². The van der Waals surface area contributed by atoms with Gasteiger partial charge in [0.25, 0.3) is 0 Å². The summed E-state index contributed by atoms with van der Waals surface area (Å²) < 4.78 is 14.2. The highest BCUT2D eigenvalue weighted by atomic mass is 19.1. The number of fused-ring (bicyclic) bond motifs is 1. The Labute approximate surface area is 182 Å². The van der Waals surface area contributed by atoms with Gasteiger partial charge in [-0.1, -0.05) is 56.6 Å². The molecule has 5 rings (SSSR count). The zero-order valence-electron chi connectivity index (χ0n) is 18.5. The normalized spacial score (nSPS) is 23.9. The lowest BCUT2D eigenvalue weighted by Gasteiger charge is -2.38. The van der Waals surface area contributed by atoms with Crippen LogP contribution in [-0.4, -0.2) is 21.3 Å². The molecule has 1 aliphatic heterocycles. The SMILES string of the molecule is CC(C)(C)CC1CCCC2(CC(c3nc4ccc(-c5ccccc5F)cc4[nH]3)=NO2)C1. The third-order valence-corrected chi connectivity index (χ3v) is 6.59. The van der Waals surface area contributed by atoms with Crippen molar-refractivity contribution in [2.45, 2.75) is 64.9 Å². The fourth-order valence-electron chi connectivity index (χ4n) is 5.38. The highest BCUT2D eigenvalue weighted by molar-refractivity contribution is 6.01. The first-order valence-corrected chi connectivity index (χ1v) is 11.3. The van der Waals surface area contributed by atoms with Gasteiger partial charge in [-0.25, -0.2) is 9.37 Å². The van der Waals surface area contributed by atoms with E-state index < -0.39 is 0 Å². The van der Waals surface area contributed by atoms with E-state index in [9.17, 15) is 4.39 Å². The fraction of sp³-hybridized carbons (Fsp3) is 0.462. The summed E-state index contributed by atoms with van der Waals surface area (Å²) >= 11 is 0. The largest absolute Gasteiger partial charge is 0.388 e. The first-order chi connectivity index (χ1) is 14.8. The Morgan fingerprint density at radius 3 is 2.84 bits per heavy atom. The number of benzene rings is 2. The van der Waals surface area contributed by atoms with Crippen LogP contribution in [0.25, 0.3) is 22.2 Å². The molecular weight excluding hydrogens is 389 g/mol. The molecule has 2 aliphatic rings. The highest BCUT2D eigenvalue weighted by Gasteiger charge is 2.44. The van der Waals surface area contributed by atoms with Crippen molar-refractivity contribution in [3.8, 4) is 11.1 Å². The van der Waals surface area contributed by atoms with Gasteiger partial charge in [0.05, 0.1) is 11.0 Å². The maximum Gasteiger partial charge on any atom is 0.156 e. The van der Waals surface area contributed by atoms with Crippen molar-refractivity contribution in [3.05, 3.63) is 54.1 Å². The summed E-state index contributed by atoms with van der Waals surface area (Å²) in [5.74, 6) is 1.22. The number of hydrogen-bond donors (Lipinski definition) is 1. The lowest BCUT2D eigenvalue weighted by molar-refractivity contribution is -0.0637. The van der Waals surface area contributed by atoms with Gasteiger partial charge in [0.1, 0.15) is 17.1 Å². The molecule has 1 fully saturated rings. The van der Waals surface area contributed by atoms with Crippen LogP contribution >= 0.6 is 0 Å². The molecule has 0 saturated heterocycles. The summed E-state index contributed by atoms with van der Waals surface area (Å²) in [5.41, 5.74) is 4.20. The molecule has 1 aromatic heterocycles. The summed E-state index contributed by atoms with van der Waals surface area (Å²) in [5, 5.41) is 4.47. The van der Waals surface area contributed by atoms with Gasteiger partial charge in [-0.05, 0) is 60.8 Å². The number of oxime groups is 1. The second kappa shape index (κ2) is 7.47. The van der Waals surface area contributed by atoms with E-state index in [1.54, 1.807) is 12.1 Å². The second-order valence-electron chi connectivity index (χ2n) is 10.5. The summed E-state index contributed by atoms with van der Waals surface area (Å²) in [7, 11) is 0. The minimum Gasteiger partial charge on any atom is -0.388 e. The quantitative estimate of drug-likeness (QED) is 0.504. The molecule has 0 radical (unpaired) electrons. The monoisotopic (exact) mass is 419 g/mol. The molecule has 0 amide bonds. The predicted molar refractivity (Wildman–Crippen MR) is 122 cm³/mol. The molecule has 2 atom stereocenters. The minimum absolute atomic E-state index is 0.180. The lowest BCUT2D eigenvalue weighted by atomic mass is 9.71. The van der Waals surface area contributed by atoms with Gasteiger partial charge in [0.15, 0.2) is 5.82 Å². The first-order valence-electron chi connectivity index (χ1n) is 11.3. The number of imidazole rings is 1. The topological polar surface area (TPSA) is 50.3 Å². The van der Waals surface area contributed by atoms with Crippen LogP contribution in [0.1, 0.15) is 65.1 Å². The molecule has 5 heteroatoms. The Hall–Kier alpha value is -2.69.